The fourth-order valence-electron chi connectivity index (χ4n) is 2.04. The Labute approximate surface area is 131 Å². The summed E-state index contributed by atoms with van der Waals surface area (Å²) in [5.74, 6) is 0.124. The zero-order valence-corrected chi connectivity index (χ0v) is 13.0. The summed E-state index contributed by atoms with van der Waals surface area (Å²) >= 11 is 7.21. The topological polar surface area (TPSA) is 30.7 Å². The van der Waals surface area contributed by atoms with E-state index < -0.39 is 0 Å². The van der Waals surface area contributed by atoms with Gasteiger partial charge in [0.15, 0.2) is 0 Å². The fraction of sp³-hybridized carbons (Fsp3) is 0.200. The molecule has 3 nitrogen and oxygen atoms in total. The Morgan fingerprint density at radius 1 is 1.38 bits per heavy atom. The van der Waals surface area contributed by atoms with E-state index in [1.165, 1.54) is 17.4 Å². The molecule has 3 rings (SSSR count). The summed E-state index contributed by atoms with van der Waals surface area (Å²) in [4.78, 5) is 4.36. The molecule has 21 heavy (non-hydrogen) atoms. The summed E-state index contributed by atoms with van der Waals surface area (Å²) in [6.45, 7) is 2.38. The summed E-state index contributed by atoms with van der Waals surface area (Å²) in [7, 11) is 0. The highest BCUT2D eigenvalue weighted by atomic mass is 35.5. The number of alkyl halides is 1. The quantitative estimate of drug-likeness (QED) is 0.673. The molecule has 0 bridgehead atoms. The van der Waals surface area contributed by atoms with Crippen LogP contribution in [-0.4, -0.2) is 14.8 Å². The van der Waals surface area contributed by atoms with Gasteiger partial charge in [-0.25, -0.2) is 9.37 Å². The molecule has 0 amide bonds. The zero-order chi connectivity index (χ0) is 14.8. The van der Waals surface area contributed by atoms with Crippen molar-refractivity contribution < 1.29 is 4.39 Å². The molecule has 6 heteroatoms. The van der Waals surface area contributed by atoms with Gasteiger partial charge in [-0.1, -0.05) is 12.1 Å². The molecule has 0 saturated carbocycles. The van der Waals surface area contributed by atoms with E-state index in [0.29, 0.717) is 18.0 Å². The molecule has 0 fully saturated rings. The second-order valence-corrected chi connectivity index (χ2v) is 5.92. The lowest BCUT2D eigenvalue weighted by Crippen LogP contribution is -2.02. The minimum atomic E-state index is -0.247. The van der Waals surface area contributed by atoms with Gasteiger partial charge in [-0.2, -0.15) is 5.10 Å². The largest absolute Gasteiger partial charge is 0.268 e. The summed E-state index contributed by atoms with van der Waals surface area (Å²) in [6.07, 6.45) is 3.65. The second kappa shape index (κ2) is 5.95. The van der Waals surface area contributed by atoms with Crippen LogP contribution in [0.15, 0.2) is 36.0 Å². The third-order valence-electron chi connectivity index (χ3n) is 3.08. The Balaban J connectivity index is 1.85. The van der Waals surface area contributed by atoms with Gasteiger partial charge < -0.3 is 0 Å². The molecule has 2 heterocycles. The Morgan fingerprint density at radius 2 is 2.24 bits per heavy atom. The van der Waals surface area contributed by atoms with Crippen molar-refractivity contribution in [1.29, 1.82) is 0 Å². The van der Waals surface area contributed by atoms with Crippen LogP contribution >= 0.6 is 22.9 Å². The Bertz CT molecular complexity index is 766. The predicted molar refractivity (Wildman–Crippen MR) is 83.1 cm³/mol. The van der Waals surface area contributed by atoms with E-state index in [1.54, 1.807) is 16.9 Å². The van der Waals surface area contributed by atoms with Gasteiger partial charge in [0.05, 0.1) is 24.3 Å². The lowest BCUT2D eigenvalue weighted by Gasteiger charge is -2.05. The molecular weight excluding hydrogens is 309 g/mol. The van der Waals surface area contributed by atoms with Crippen molar-refractivity contribution >= 4 is 22.9 Å². The van der Waals surface area contributed by atoms with E-state index in [9.17, 15) is 4.39 Å². The van der Waals surface area contributed by atoms with Crippen LogP contribution in [0.1, 0.15) is 16.8 Å². The van der Waals surface area contributed by atoms with Crippen LogP contribution in [0.5, 0.6) is 0 Å². The van der Waals surface area contributed by atoms with E-state index in [4.69, 9.17) is 11.6 Å². The van der Waals surface area contributed by atoms with Crippen LogP contribution in [0.2, 0.25) is 0 Å². The van der Waals surface area contributed by atoms with Crippen molar-refractivity contribution in [3.8, 4) is 10.6 Å². The monoisotopic (exact) mass is 321 g/mol. The third kappa shape index (κ3) is 3.14. The number of aromatic nitrogens is 3. The minimum absolute atomic E-state index is 0.247. The number of rotatable bonds is 4. The van der Waals surface area contributed by atoms with Gasteiger partial charge in [0.2, 0.25) is 0 Å². The molecule has 0 aliphatic rings. The molecule has 0 saturated heterocycles. The summed E-state index contributed by atoms with van der Waals surface area (Å²) in [6, 6.07) is 5.18. The van der Waals surface area contributed by atoms with Crippen LogP contribution in [0, 0.1) is 12.7 Å². The average molecular weight is 322 g/mol. The lowest BCUT2D eigenvalue weighted by molar-refractivity contribution is 0.585. The van der Waals surface area contributed by atoms with Crippen LogP contribution in [0.25, 0.3) is 10.6 Å². The van der Waals surface area contributed by atoms with Crippen molar-refractivity contribution in [2.45, 2.75) is 19.3 Å². The first-order chi connectivity index (χ1) is 10.2. The fourth-order valence-corrected chi connectivity index (χ4v) is 3.08. The van der Waals surface area contributed by atoms with Crippen molar-refractivity contribution in [2.24, 2.45) is 0 Å². The molecule has 1 aromatic carbocycles. The van der Waals surface area contributed by atoms with Gasteiger partial charge in [-0.05, 0) is 18.6 Å². The predicted octanol–water partition coefficient (Wildman–Crippen LogP) is 4.24. The van der Waals surface area contributed by atoms with Gasteiger partial charge in [-0.15, -0.1) is 22.9 Å². The first-order valence-electron chi connectivity index (χ1n) is 6.44. The standard InChI is InChI=1S/C15H13ClFN3S/c1-10-6-18-20(7-10)8-12-3-2-11(4-14(12)17)15-19-13(5-16)9-21-15/h2-4,6-7,9H,5,8H2,1H3. The van der Waals surface area contributed by atoms with Gasteiger partial charge in [0, 0.05) is 22.7 Å². The molecule has 0 aliphatic carbocycles. The number of benzene rings is 1. The molecule has 0 spiro atoms. The van der Waals surface area contributed by atoms with E-state index >= 15 is 0 Å². The second-order valence-electron chi connectivity index (χ2n) is 4.80. The zero-order valence-electron chi connectivity index (χ0n) is 11.4. The minimum Gasteiger partial charge on any atom is -0.268 e. The van der Waals surface area contributed by atoms with Crippen molar-refractivity contribution in [1.82, 2.24) is 14.8 Å². The summed E-state index contributed by atoms with van der Waals surface area (Å²) < 4.78 is 16.0. The van der Waals surface area contributed by atoms with Crippen molar-refractivity contribution in [3.05, 3.63) is 58.6 Å². The Hall–Kier alpha value is -1.72. The van der Waals surface area contributed by atoms with Gasteiger partial charge in [-0.3, -0.25) is 4.68 Å². The molecule has 0 N–H and O–H groups in total. The Kier molecular flexibility index (Phi) is 4.03. The number of aryl methyl sites for hydroxylation is 1. The van der Waals surface area contributed by atoms with E-state index in [2.05, 4.69) is 10.1 Å². The van der Waals surface area contributed by atoms with Crippen LogP contribution < -0.4 is 0 Å². The lowest BCUT2D eigenvalue weighted by atomic mass is 10.1. The molecule has 2 aromatic heterocycles. The average Bonchev–Trinajstić information content (AvgIpc) is 3.10. The molecule has 0 aliphatic heterocycles. The number of thiazole rings is 1. The van der Waals surface area contributed by atoms with E-state index in [0.717, 1.165) is 21.8 Å². The van der Waals surface area contributed by atoms with Crippen molar-refractivity contribution in [2.75, 3.05) is 0 Å². The normalized spacial score (nSPS) is 11.0. The number of hydrogen-bond donors (Lipinski definition) is 0. The number of halogens is 2. The third-order valence-corrected chi connectivity index (χ3v) is 4.30. The highest BCUT2D eigenvalue weighted by molar-refractivity contribution is 7.13. The van der Waals surface area contributed by atoms with Gasteiger partial charge >= 0.3 is 0 Å². The molecule has 108 valence electrons. The molecule has 0 atom stereocenters. The highest BCUT2D eigenvalue weighted by Gasteiger charge is 2.09. The molecule has 0 unspecified atom stereocenters. The van der Waals surface area contributed by atoms with Crippen LogP contribution in [0.4, 0.5) is 4.39 Å². The summed E-state index contributed by atoms with van der Waals surface area (Å²) in [5, 5.41) is 6.85. The molecular formula is C15H13ClFN3S. The van der Waals surface area contributed by atoms with E-state index in [1.807, 2.05) is 24.6 Å². The Morgan fingerprint density at radius 3 is 2.86 bits per heavy atom. The van der Waals surface area contributed by atoms with Crippen LogP contribution in [-0.2, 0) is 12.4 Å². The van der Waals surface area contributed by atoms with Gasteiger partial charge in [0.25, 0.3) is 0 Å². The molecule has 0 radical (unpaired) electrons. The first-order valence-corrected chi connectivity index (χ1v) is 7.85. The van der Waals surface area contributed by atoms with Gasteiger partial charge in [0.1, 0.15) is 10.8 Å². The van der Waals surface area contributed by atoms with Crippen molar-refractivity contribution in [3.63, 3.8) is 0 Å². The number of hydrogen-bond acceptors (Lipinski definition) is 3. The smallest absolute Gasteiger partial charge is 0.128 e. The first kappa shape index (κ1) is 14.2. The number of nitrogens with zero attached hydrogens (tertiary/aromatic N) is 3. The maximum absolute atomic E-state index is 14.2. The SMILES string of the molecule is Cc1cnn(Cc2ccc(-c3nc(CCl)cs3)cc2F)c1. The van der Waals surface area contributed by atoms with E-state index in [-0.39, 0.29) is 5.82 Å². The maximum Gasteiger partial charge on any atom is 0.128 e. The maximum atomic E-state index is 14.2. The summed E-state index contributed by atoms with van der Waals surface area (Å²) in [5.41, 5.74) is 3.25. The molecule has 3 aromatic rings. The highest BCUT2D eigenvalue weighted by Crippen LogP contribution is 2.26. The van der Waals surface area contributed by atoms with Crippen LogP contribution in [0.3, 0.4) is 0 Å².